The lowest BCUT2D eigenvalue weighted by Crippen LogP contribution is -2.15. The van der Waals surface area contributed by atoms with Crippen LogP contribution in [0.25, 0.3) is 10.8 Å². The summed E-state index contributed by atoms with van der Waals surface area (Å²) in [7, 11) is 0. The van der Waals surface area contributed by atoms with Crippen LogP contribution in [0.15, 0.2) is 42.5 Å². The Hall–Kier alpha value is -2.99. The van der Waals surface area contributed by atoms with Gasteiger partial charge in [-0.1, -0.05) is 29.8 Å². The number of anilines is 1. The fourth-order valence-electron chi connectivity index (χ4n) is 2.58. The Morgan fingerprint density at radius 3 is 2.60 bits per heavy atom. The van der Waals surface area contributed by atoms with Gasteiger partial charge in [-0.25, -0.2) is 4.98 Å². The minimum absolute atomic E-state index is 0.0598. The van der Waals surface area contributed by atoms with E-state index in [2.05, 4.69) is 10.3 Å². The van der Waals surface area contributed by atoms with E-state index in [0.717, 1.165) is 5.56 Å². The quantitative estimate of drug-likeness (QED) is 0.546. The highest BCUT2D eigenvalue weighted by atomic mass is 35.5. The van der Waals surface area contributed by atoms with E-state index >= 15 is 0 Å². The predicted octanol–water partition coefficient (Wildman–Crippen LogP) is 4.67. The van der Waals surface area contributed by atoms with Gasteiger partial charge in [0.05, 0.1) is 10.3 Å². The summed E-state index contributed by atoms with van der Waals surface area (Å²) in [5, 5.41) is 15.3. The first kappa shape index (κ1) is 16.9. The van der Waals surface area contributed by atoms with Gasteiger partial charge >= 0.3 is 0 Å². The minimum atomic E-state index is -0.469. The van der Waals surface area contributed by atoms with Crippen molar-refractivity contribution >= 4 is 39.7 Å². The Labute approximate surface area is 148 Å². The first-order valence-corrected chi connectivity index (χ1v) is 7.87. The van der Waals surface area contributed by atoms with Crippen LogP contribution in [0.5, 0.6) is 0 Å². The highest BCUT2D eigenvalue weighted by Gasteiger charge is 2.19. The van der Waals surface area contributed by atoms with E-state index < -0.39 is 10.8 Å². The molecule has 3 aromatic rings. The van der Waals surface area contributed by atoms with Gasteiger partial charge in [-0.2, -0.15) is 0 Å². The molecule has 1 aromatic heterocycles. The normalized spacial score (nSPS) is 10.7. The van der Waals surface area contributed by atoms with Crippen LogP contribution in [0.1, 0.15) is 21.7 Å². The Morgan fingerprint density at radius 1 is 1.16 bits per heavy atom. The van der Waals surface area contributed by atoms with Crippen molar-refractivity contribution in [3.8, 4) is 0 Å². The zero-order valence-electron chi connectivity index (χ0n) is 13.5. The van der Waals surface area contributed by atoms with Crippen molar-refractivity contribution in [2.45, 2.75) is 13.8 Å². The number of nitrogens with zero attached hydrogens (tertiary/aromatic N) is 2. The van der Waals surface area contributed by atoms with Crippen LogP contribution in [-0.2, 0) is 0 Å². The lowest BCUT2D eigenvalue weighted by molar-refractivity contribution is -0.383. The number of nitro groups is 1. The van der Waals surface area contributed by atoms with Crippen molar-refractivity contribution in [1.82, 2.24) is 4.98 Å². The summed E-state index contributed by atoms with van der Waals surface area (Å²) in [6, 6.07) is 11.4. The van der Waals surface area contributed by atoms with E-state index in [4.69, 9.17) is 11.6 Å². The number of carbonyl (C=O) groups excluding carboxylic acids is 1. The Morgan fingerprint density at radius 2 is 1.92 bits per heavy atom. The van der Waals surface area contributed by atoms with Gasteiger partial charge in [0, 0.05) is 27.9 Å². The van der Waals surface area contributed by atoms with E-state index in [1.807, 2.05) is 6.92 Å². The summed E-state index contributed by atoms with van der Waals surface area (Å²) in [6.07, 6.45) is 0. The van der Waals surface area contributed by atoms with Gasteiger partial charge < -0.3 is 5.32 Å². The highest BCUT2D eigenvalue weighted by molar-refractivity contribution is 6.31. The minimum Gasteiger partial charge on any atom is -0.321 e. The summed E-state index contributed by atoms with van der Waals surface area (Å²) < 4.78 is 0. The number of benzene rings is 2. The molecular formula is C18H14ClN3O3. The summed E-state index contributed by atoms with van der Waals surface area (Å²) in [5.74, 6) is -0.450. The third-order valence-electron chi connectivity index (χ3n) is 3.82. The SMILES string of the molecule is Cc1cc2c([N+](=O)[O-])cccc2c(C(=O)Nc2ccc(C)c(Cl)c2)n1. The second-order valence-corrected chi connectivity index (χ2v) is 6.07. The molecule has 0 saturated carbocycles. The van der Waals surface area contributed by atoms with Crippen LogP contribution in [0.3, 0.4) is 0 Å². The molecule has 0 atom stereocenters. The van der Waals surface area contributed by atoms with Gasteiger partial charge in [0.2, 0.25) is 0 Å². The molecule has 0 saturated heterocycles. The molecule has 2 aromatic carbocycles. The fraction of sp³-hybridized carbons (Fsp3) is 0.111. The number of rotatable bonds is 3. The van der Waals surface area contributed by atoms with E-state index in [1.54, 1.807) is 37.3 Å². The maximum atomic E-state index is 12.7. The molecule has 0 fully saturated rings. The third-order valence-corrected chi connectivity index (χ3v) is 4.23. The van der Waals surface area contributed by atoms with E-state index in [-0.39, 0.29) is 11.4 Å². The molecule has 0 aliphatic carbocycles. The Bertz CT molecular complexity index is 1020. The number of halogens is 1. The van der Waals surface area contributed by atoms with Crippen LogP contribution < -0.4 is 5.32 Å². The van der Waals surface area contributed by atoms with E-state index in [0.29, 0.717) is 27.2 Å². The van der Waals surface area contributed by atoms with Gasteiger partial charge in [0.1, 0.15) is 5.69 Å². The van der Waals surface area contributed by atoms with Crippen LogP contribution >= 0.6 is 11.6 Å². The Balaban J connectivity index is 2.08. The number of non-ortho nitro benzene ring substituents is 1. The lowest BCUT2D eigenvalue weighted by Gasteiger charge is -2.10. The second-order valence-electron chi connectivity index (χ2n) is 5.66. The predicted molar refractivity (Wildman–Crippen MR) is 97.3 cm³/mol. The summed E-state index contributed by atoms with van der Waals surface area (Å²) in [5.41, 5.74) is 2.02. The molecule has 25 heavy (non-hydrogen) atoms. The van der Waals surface area contributed by atoms with Crippen molar-refractivity contribution in [2.75, 3.05) is 5.32 Å². The van der Waals surface area contributed by atoms with Crippen molar-refractivity contribution in [3.63, 3.8) is 0 Å². The number of hydrogen-bond donors (Lipinski definition) is 1. The summed E-state index contributed by atoms with van der Waals surface area (Å²) in [6.45, 7) is 3.55. The molecule has 0 bridgehead atoms. The molecule has 1 N–H and O–H groups in total. The van der Waals surface area contributed by atoms with E-state index in [9.17, 15) is 14.9 Å². The number of nitrogens with one attached hydrogen (secondary N) is 1. The van der Waals surface area contributed by atoms with Gasteiger partial charge in [-0.15, -0.1) is 0 Å². The van der Waals surface area contributed by atoms with Crippen molar-refractivity contribution < 1.29 is 9.72 Å². The van der Waals surface area contributed by atoms with Crippen LogP contribution in [0.4, 0.5) is 11.4 Å². The van der Waals surface area contributed by atoms with Crippen LogP contribution in [0.2, 0.25) is 5.02 Å². The first-order chi connectivity index (χ1) is 11.9. The largest absolute Gasteiger partial charge is 0.321 e. The molecule has 7 heteroatoms. The molecule has 6 nitrogen and oxygen atoms in total. The number of nitro benzene ring substituents is 1. The number of aryl methyl sites for hydroxylation is 2. The molecule has 3 rings (SSSR count). The van der Waals surface area contributed by atoms with Gasteiger partial charge in [0.25, 0.3) is 11.6 Å². The van der Waals surface area contributed by atoms with Gasteiger partial charge in [0.15, 0.2) is 0 Å². The summed E-state index contributed by atoms with van der Waals surface area (Å²) in [4.78, 5) is 27.7. The standard InChI is InChI=1S/C18H14ClN3O3/c1-10-6-7-12(9-15(10)19)21-18(23)17-13-4-3-5-16(22(24)25)14(13)8-11(2)20-17/h3-9H,1-2H3,(H,21,23). The average molecular weight is 356 g/mol. The molecule has 1 heterocycles. The number of hydrogen-bond acceptors (Lipinski definition) is 4. The zero-order valence-corrected chi connectivity index (χ0v) is 14.3. The Kier molecular flexibility index (Phi) is 4.37. The molecule has 126 valence electrons. The molecule has 0 aliphatic rings. The topological polar surface area (TPSA) is 85.1 Å². The average Bonchev–Trinajstić information content (AvgIpc) is 2.56. The van der Waals surface area contributed by atoms with Crippen molar-refractivity contribution in [2.24, 2.45) is 0 Å². The van der Waals surface area contributed by atoms with Crippen molar-refractivity contribution in [3.05, 3.63) is 74.6 Å². The van der Waals surface area contributed by atoms with Crippen molar-refractivity contribution in [1.29, 1.82) is 0 Å². The van der Waals surface area contributed by atoms with E-state index in [1.165, 1.54) is 12.1 Å². The highest BCUT2D eigenvalue weighted by Crippen LogP contribution is 2.28. The number of aromatic nitrogens is 1. The smallest absolute Gasteiger partial charge is 0.277 e. The number of carbonyl (C=O) groups is 1. The molecule has 0 aliphatic heterocycles. The fourth-order valence-corrected chi connectivity index (χ4v) is 2.76. The van der Waals surface area contributed by atoms with Gasteiger partial charge in [-0.3, -0.25) is 14.9 Å². The van der Waals surface area contributed by atoms with Crippen LogP contribution in [0, 0.1) is 24.0 Å². The monoisotopic (exact) mass is 355 g/mol. The second kappa shape index (κ2) is 6.49. The molecule has 0 radical (unpaired) electrons. The lowest BCUT2D eigenvalue weighted by atomic mass is 10.1. The van der Waals surface area contributed by atoms with Crippen LogP contribution in [-0.4, -0.2) is 15.8 Å². The number of amides is 1. The third kappa shape index (κ3) is 3.29. The zero-order chi connectivity index (χ0) is 18.1. The first-order valence-electron chi connectivity index (χ1n) is 7.49. The number of fused-ring (bicyclic) bond motifs is 1. The number of pyridine rings is 1. The summed E-state index contributed by atoms with van der Waals surface area (Å²) >= 11 is 6.08. The molecular weight excluding hydrogens is 342 g/mol. The molecule has 0 unspecified atom stereocenters. The van der Waals surface area contributed by atoms with Gasteiger partial charge in [-0.05, 0) is 37.6 Å². The maximum Gasteiger partial charge on any atom is 0.277 e. The maximum absolute atomic E-state index is 12.7. The molecule has 1 amide bonds. The molecule has 0 spiro atoms.